The Morgan fingerprint density at radius 2 is 1.90 bits per heavy atom. The van der Waals surface area contributed by atoms with E-state index >= 15 is 0 Å². The van der Waals surface area contributed by atoms with Crippen LogP contribution in [0.4, 0.5) is 17.1 Å². The maximum Gasteiger partial charge on any atom is 0.321 e. The molecule has 0 fully saturated rings. The SMILES string of the molecule is CCN(CC)c1ccc(N=C2C(c3ccccc3)=N[N+](CCO)=C2N)c(NC(C)=O)c1. The van der Waals surface area contributed by atoms with Crippen LogP contribution in [-0.2, 0) is 4.79 Å². The molecule has 1 amide bonds. The van der Waals surface area contributed by atoms with Gasteiger partial charge in [0.1, 0.15) is 12.3 Å². The molecule has 0 unspecified atom stereocenters. The highest BCUT2D eigenvalue weighted by Gasteiger charge is 2.31. The van der Waals surface area contributed by atoms with E-state index in [4.69, 9.17) is 10.7 Å². The van der Waals surface area contributed by atoms with Crippen molar-refractivity contribution in [3.63, 3.8) is 0 Å². The molecule has 0 saturated carbocycles. The lowest BCUT2D eigenvalue weighted by atomic mass is 10.1. The van der Waals surface area contributed by atoms with E-state index < -0.39 is 0 Å². The summed E-state index contributed by atoms with van der Waals surface area (Å²) in [5.74, 6) is 0.176. The Labute approximate surface area is 182 Å². The van der Waals surface area contributed by atoms with E-state index in [1.165, 1.54) is 6.92 Å². The molecule has 2 aromatic rings. The van der Waals surface area contributed by atoms with Gasteiger partial charge in [0.05, 0.1) is 18.0 Å². The molecule has 0 bridgehead atoms. The quantitative estimate of drug-likeness (QED) is 0.569. The molecule has 162 valence electrons. The van der Waals surface area contributed by atoms with Crippen LogP contribution >= 0.6 is 0 Å². The fourth-order valence-electron chi connectivity index (χ4n) is 3.45. The summed E-state index contributed by atoms with van der Waals surface area (Å²) in [5, 5.41) is 16.8. The van der Waals surface area contributed by atoms with E-state index in [1.54, 1.807) is 4.68 Å². The van der Waals surface area contributed by atoms with E-state index in [0.717, 1.165) is 24.3 Å². The normalized spacial score (nSPS) is 14.7. The number of amides is 1. The van der Waals surface area contributed by atoms with Crippen LogP contribution in [0.5, 0.6) is 0 Å². The van der Waals surface area contributed by atoms with Gasteiger partial charge in [0.15, 0.2) is 5.71 Å². The Morgan fingerprint density at radius 1 is 1.19 bits per heavy atom. The minimum absolute atomic E-state index is 0.0880. The number of nitrogens with one attached hydrogen (secondary N) is 1. The second-order valence-electron chi connectivity index (χ2n) is 7.06. The van der Waals surface area contributed by atoms with Gasteiger partial charge in [0, 0.05) is 31.3 Å². The Hall–Kier alpha value is -3.52. The number of benzene rings is 2. The number of aliphatic hydroxyl groups is 1. The number of hydrogen-bond acceptors (Lipinski definition) is 6. The van der Waals surface area contributed by atoms with Crippen LogP contribution in [0.2, 0.25) is 0 Å². The average molecular weight is 422 g/mol. The molecule has 2 aromatic carbocycles. The number of amidine groups is 1. The van der Waals surface area contributed by atoms with Crippen molar-refractivity contribution in [1.82, 2.24) is 0 Å². The van der Waals surface area contributed by atoms with E-state index in [-0.39, 0.29) is 19.1 Å². The number of aliphatic imine (C=N–C) groups is 1. The van der Waals surface area contributed by atoms with Gasteiger partial charge in [-0.05, 0) is 32.0 Å². The number of anilines is 2. The summed E-state index contributed by atoms with van der Waals surface area (Å²) >= 11 is 0. The highest BCUT2D eigenvalue weighted by Crippen LogP contribution is 2.31. The smallest absolute Gasteiger partial charge is 0.321 e. The Balaban J connectivity index is 2.12. The van der Waals surface area contributed by atoms with Gasteiger partial charge < -0.3 is 15.3 Å². The average Bonchev–Trinajstić information content (AvgIpc) is 3.06. The van der Waals surface area contributed by atoms with Crippen molar-refractivity contribution >= 4 is 40.2 Å². The van der Waals surface area contributed by atoms with Crippen molar-refractivity contribution in [1.29, 1.82) is 0 Å². The lowest BCUT2D eigenvalue weighted by Crippen LogP contribution is -2.32. The van der Waals surface area contributed by atoms with Gasteiger partial charge in [0.2, 0.25) is 5.91 Å². The summed E-state index contributed by atoms with van der Waals surface area (Å²) in [5.41, 5.74) is 10.5. The van der Waals surface area contributed by atoms with Crippen molar-refractivity contribution in [2.24, 2.45) is 15.8 Å². The zero-order chi connectivity index (χ0) is 22.4. The fourth-order valence-corrected chi connectivity index (χ4v) is 3.45. The van der Waals surface area contributed by atoms with Crippen molar-refractivity contribution < 1.29 is 14.6 Å². The first-order valence-electron chi connectivity index (χ1n) is 10.4. The molecule has 1 aliphatic heterocycles. The first kappa shape index (κ1) is 22.2. The summed E-state index contributed by atoms with van der Waals surface area (Å²) in [4.78, 5) is 18.8. The minimum atomic E-state index is -0.180. The number of hydrogen-bond donors (Lipinski definition) is 3. The number of nitrogens with two attached hydrogens (primary N) is 1. The molecular formula is C23H29N6O2+. The molecular weight excluding hydrogens is 392 g/mol. The van der Waals surface area contributed by atoms with E-state index in [0.29, 0.717) is 28.6 Å². The van der Waals surface area contributed by atoms with Gasteiger partial charge in [-0.2, -0.15) is 0 Å². The summed E-state index contributed by atoms with van der Waals surface area (Å²) in [6.45, 7) is 7.52. The maximum absolute atomic E-state index is 11.8. The van der Waals surface area contributed by atoms with Crippen molar-refractivity contribution in [3.8, 4) is 0 Å². The topological polar surface area (TPSA) is 106 Å². The molecule has 4 N–H and O–H groups in total. The van der Waals surface area contributed by atoms with Crippen LogP contribution in [0.3, 0.4) is 0 Å². The van der Waals surface area contributed by atoms with Gasteiger partial charge in [-0.1, -0.05) is 35.4 Å². The number of nitrogens with zero attached hydrogens (tertiary/aromatic N) is 4. The van der Waals surface area contributed by atoms with Crippen molar-refractivity contribution in [2.45, 2.75) is 20.8 Å². The van der Waals surface area contributed by atoms with Crippen LogP contribution < -0.4 is 16.0 Å². The summed E-state index contributed by atoms with van der Waals surface area (Å²) in [6.07, 6.45) is 0. The molecule has 0 aromatic heterocycles. The second-order valence-corrected chi connectivity index (χ2v) is 7.06. The van der Waals surface area contributed by atoms with Gasteiger partial charge in [-0.25, -0.2) is 4.99 Å². The summed E-state index contributed by atoms with van der Waals surface area (Å²) in [6, 6.07) is 15.4. The number of aliphatic hydroxyl groups excluding tert-OH is 1. The van der Waals surface area contributed by atoms with Gasteiger partial charge >= 0.3 is 5.84 Å². The minimum Gasteiger partial charge on any atom is -0.392 e. The molecule has 1 heterocycles. The number of β-amino-alcohol motifs (C(OH)–C–C–N with tert-alkyl or cyclic N) is 1. The summed E-state index contributed by atoms with van der Waals surface area (Å²) in [7, 11) is 0. The Bertz CT molecular complexity index is 1040. The monoisotopic (exact) mass is 421 g/mol. The standard InChI is InChI=1S/C23H28N6O2/c1-4-28(5-2)18-11-12-19(20(15-18)25-16(3)31)26-22-21(17-9-7-6-8-10-17)27-29(13-14-30)23(22)24/h6-12,15,30H,4-5,13-14H2,1-3H3,(H2,24,25,27,31)/p+1. The van der Waals surface area contributed by atoms with Crippen molar-refractivity contribution in [3.05, 3.63) is 54.1 Å². The molecule has 0 saturated heterocycles. The molecule has 3 rings (SSSR count). The van der Waals surface area contributed by atoms with Gasteiger partial charge in [-0.3, -0.25) is 10.5 Å². The maximum atomic E-state index is 11.8. The largest absolute Gasteiger partial charge is 0.392 e. The van der Waals surface area contributed by atoms with Crippen LogP contribution in [0, 0.1) is 0 Å². The van der Waals surface area contributed by atoms with Crippen LogP contribution in [-0.4, -0.2) is 59.2 Å². The zero-order valence-electron chi connectivity index (χ0n) is 18.2. The first-order chi connectivity index (χ1) is 15.0. The first-order valence-corrected chi connectivity index (χ1v) is 10.4. The zero-order valence-corrected chi connectivity index (χ0v) is 18.2. The predicted molar refractivity (Wildman–Crippen MR) is 126 cm³/mol. The molecule has 1 aliphatic rings. The van der Waals surface area contributed by atoms with E-state index in [9.17, 15) is 9.90 Å². The number of carbonyl (C=O) groups excluding carboxylic acids is 1. The fraction of sp³-hybridized carbons (Fsp3) is 0.304. The molecule has 0 spiro atoms. The van der Waals surface area contributed by atoms with Crippen molar-refractivity contribution in [2.75, 3.05) is 36.5 Å². The molecule has 0 radical (unpaired) electrons. The number of hydrazone groups is 1. The number of rotatable bonds is 8. The Morgan fingerprint density at radius 3 is 2.52 bits per heavy atom. The molecule has 0 atom stereocenters. The highest BCUT2D eigenvalue weighted by atomic mass is 16.3. The van der Waals surface area contributed by atoms with Crippen LogP contribution in [0.25, 0.3) is 0 Å². The van der Waals surface area contributed by atoms with Gasteiger partial charge in [0.25, 0.3) is 0 Å². The Kier molecular flexibility index (Phi) is 7.15. The highest BCUT2D eigenvalue weighted by molar-refractivity contribution is 6.71. The third kappa shape index (κ3) is 4.97. The lowest BCUT2D eigenvalue weighted by Gasteiger charge is -2.22. The predicted octanol–water partition coefficient (Wildman–Crippen LogP) is 2.34. The van der Waals surface area contributed by atoms with E-state index in [1.807, 2.05) is 48.5 Å². The molecule has 8 nitrogen and oxygen atoms in total. The van der Waals surface area contributed by atoms with Crippen LogP contribution in [0.15, 0.2) is 58.6 Å². The molecule has 8 heteroatoms. The lowest BCUT2D eigenvalue weighted by molar-refractivity contribution is -0.532. The molecule has 0 aliphatic carbocycles. The number of carbonyl (C=O) groups is 1. The van der Waals surface area contributed by atoms with E-state index in [2.05, 4.69) is 29.2 Å². The molecule has 31 heavy (non-hydrogen) atoms. The van der Waals surface area contributed by atoms with Gasteiger partial charge in [-0.15, -0.1) is 4.68 Å². The summed E-state index contributed by atoms with van der Waals surface area (Å²) < 4.78 is 1.55. The third-order valence-electron chi connectivity index (χ3n) is 4.98. The third-order valence-corrected chi connectivity index (χ3v) is 4.98. The second kappa shape index (κ2) is 9.99. The van der Waals surface area contributed by atoms with Crippen LogP contribution in [0.1, 0.15) is 26.3 Å².